The van der Waals surface area contributed by atoms with Crippen molar-refractivity contribution in [1.29, 1.82) is 0 Å². The molecule has 24 heavy (non-hydrogen) atoms. The molecule has 0 aliphatic carbocycles. The lowest BCUT2D eigenvalue weighted by atomic mass is 9.90. The van der Waals surface area contributed by atoms with Gasteiger partial charge in [-0.1, -0.05) is 6.07 Å². The maximum absolute atomic E-state index is 12.9. The third kappa shape index (κ3) is 3.29. The Balaban J connectivity index is 2.38. The summed E-state index contributed by atoms with van der Waals surface area (Å²) in [5, 5.41) is 9.27. The number of esters is 1. The van der Waals surface area contributed by atoms with Crippen molar-refractivity contribution in [2.45, 2.75) is 32.1 Å². The molecule has 1 aromatic carbocycles. The number of carbonyl (C=O) groups excluding carboxylic acids is 1. The third-order valence-corrected chi connectivity index (χ3v) is 6.26. The molecule has 0 bridgehead atoms. The van der Waals surface area contributed by atoms with Crippen LogP contribution in [0.5, 0.6) is 0 Å². The molecule has 1 unspecified atom stereocenters. The molecular weight excluding hydrogens is 334 g/mol. The highest BCUT2D eigenvalue weighted by atomic mass is 32.2. The Morgan fingerprint density at radius 1 is 1.38 bits per heavy atom. The lowest BCUT2D eigenvalue weighted by Gasteiger charge is -2.21. The molecular formula is C16H21NO6S. The number of benzene rings is 1. The van der Waals surface area contributed by atoms with Crippen LogP contribution >= 0.6 is 0 Å². The zero-order chi connectivity index (χ0) is 18.1. The predicted molar refractivity (Wildman–Crippen MR) is 86.3 cm³/mol. The molecule has 8 heteroatoms. The normalized spacial score (nSPS) is 21.6. The molecule has 1 N–H and O–H groups in total. The third-order valence-electron chi connectivity index (χ3n) is 4.27. The summed E-state index contributed by atoms with van der Waals surface area (Å²) in [5.74, 6) is -1.61. The summed E-state index contributed by atoms with van der Waals surface area (Å²) in [7, 11) is -3.88. The first-order valence-corrected chi connectivity index (χ1v) is 9.07. The first kappa shape index (κ1) is 18.4. The molecule has 1 fully saturated rings. The number of carbonyl (C=O) groups is 2. The number of sulfonamides is 1. The van der Waals surface area contributed by atoms with E-state index in [2.05, 4.69) is 0 Å². The summed E-state index contributed by atoms with van der Waals surface area (Å²) in [6, 6.07) is 4.35. The SMILES string of the molecule is CCOC(=O)c1ccc(C)c(S(=O)(=O)N2CCC(C)(C(=O)O)C2)c1. The number of hydrogen-bond acceptors (Lipinski definition) is 5. The fourth-order valence-electron chi connectivity index (χ4n) is 2.66. The van der Waals surface area contributed by atoms with Crippen LogP contribution in [0.4, 0.5) is 0 Å². The Morgan fingerprint density at radius 2 is 2.04 bits per heavy atom. The smallest absolute Gasteiger partial charge is 0.338 e. The van der Waals surface area contributed by atoms with Gasteiger partial charge in [-0.15, -0.1) is 0 Å². The zero-order valence-electron chi connectivity index (χ0n) is 13.9. The highest BCUT2D eigenvalue weighted by Gasteiger charge is 2.45. The van der Waals surface area contributed by atoms with Crippen LogP contribution in [0, 0.1) is 12.3 Å². The molecule has 1 saturated heterocycles. The van der Waals surface area contributed by atoms with Gasteiger partial charge in [0.25, 0.3) is 0 Å². The van der Waals surface area contributed by atoms with E-state index >= 15 is 0 Å². The zero-order valence-corrected chi connectivity index (χ0v) is 14.7. The molecule has 0 amide bonds. The van der Waals surface area contributed by atoms with Crippen molar-refractivity contribution in [2.75, 3.05) is 19.7 Å². The maximum Gasteiger partial charge on any atom is 0.338 e. The Hall–Kier alpha value is -1.93. The van der Waals surface area contributed by atoms with Gasteiger partial charge in [-0.3, -0.25) is 4.79 Å². The number of nitrogens with zero attached hydrogens (tertiary/aromatic N) is 1. The number of hydrogen-bond donors (Lipinski definition) is 1. The summed E-state index contributed by atoms with van der Waals surface area (Å²) in [6.45, 7) is 5.07. The minimum absolute atomic E-state index is 0.00249. The van der Waals surface area contributed by atoms with Crippen molar-refractivity contribution in [1.82, 2.24) is 4.31 Å². The van der Waals surface area contributed by atoms with Crippen LogP contribution in [0.1, 0.15) is 36.2 Å². The summed E-state index contributed by atoms with van der Waals surface area (Å²) >= 11 is 0. The average Bonchev–Trinajstić information content (AvgIpc) is 2.92. The molecule has 7 nitrogen and oxygen atoms in total. The van der Waals surface area contributed by atoms with Crippen LogP contribution < -0.4 is 0 Å². The van der Waals surface area contributed by atoms with E-state index in [4.69, 9.17) is 4.74 Å². The minimum atomic E-state index is -3.88. The van der Waals surface area contributed by atoms with Gasteiger partial charge < -0.3 is 9.84 Å². The fraction of sp³-hybridized carbons (Fsp3) is 0.500. The number of rotatable bonds is 5. The molecule has 1 aromatic rings. The molecule has 2 rings (SSSR count). The molecule has 0 aromatic heterocycles. The molecule has 0 spiro atoms. The van der Waals surface area contributed by atoms with Crippen LogP contribution in [0.15, 0.2) is 23.1 Å². The van der Waals surface area contributed by atoms with Crippen molar-refractivity contribution in [3.63, 3.8) is 0 Å². The number of carboxylic acid groups (broad SMARTS) is 1. The Labute approximate surface area is 141 Å². The second-order valence-electron chi connectivity index (χ2n) is 6.16. The molecule has 1 aliphatic heterocycles. The van der Waals surface area contributed by atoms with E-state index in [0.29, 0.717) is 5.56 Å². The van der Waals surface area contributed by atoms with Gasteiger partial charge in [0.1, 0.15) is 0 Å². The van der Waals surface area contributed by atoms with E-state index in [1.54, 1.807) is 19.9 Å². The van der Waals surface area contributed by atoms with Crippen LogP contribution in [0.25, 0.3) is 0 Å². The number of ether oxygens (including phenoxy) is 1. The van der Waals surface area contributed by atoms with E-state index in [9.17, 15) is 23.1 Å². The Bertz CT molecular complexity index is 773. The van der Waals surface area contributed by atoms with E-state index in [1.165, 1.54) is 23.4 Å². The number of aryl methyl sites for hydroxylation is 1. The minimum Gasteiger partial charge on any atom is -0.481 e. The van der Waals surface area contributed by atoms with Crippen molar-refractivity contribution >= 4 is 22.0 Å². The highest BCUT2D eigenvalue weighted by Crippen LogP contribution is 2.34. The predicted octanol–water partition coefficient (Wildman–Crippen LogP) is 1.66. The van der Waals surface area contributed by atoms with Gasteiger partial charge in [0.05, 0.1) is 22.5 Å². The molecule has 1 aliphatic rings. The maximum atomic E-state index is 12.9. The van der Waals surface area contributed by atoms with Crippen molar-refractivity contribution in [2.24, 2.45) is 5.41 Å². The van der Waals surface area contributed by atoms with Gasteiger partial charge in [-0.25, -0.2) is 13.2 Å². The Morgan fingerprint density at radius 3 is 2.58 bits per heavy atom. The lowest BCUT2D eigenvalue weighted by Crippen LogP contribution is -2.35. The molecule has 0 saturated carbocycles. The van der Waals surface area contributed by atoms with Crippen LogP contribution in [-0.2, 0) is 19.6 Å². The van der Waals surface area contributed by atoms with Gasteiger partial charge >= 0.3 is 11.9 Å². The van der Waals surface area contributed by atoms with Crippen molar-refractivity contribution < 1.29 is 27.9 Å². The Kier molecular flexibility index (Phi) is 5.00. The monoisotopic (exact) mass is 355 g/mol. The number of carboxylic acids is 1. The quantitative estimate of drug-likeness (QED) is 0.806. The molecule has 1 atom stereocenters. The lowest BCUT2D eigenvalue weighted by molar-refractivity contribution is -0.146. The van der Waals surface area contributed by atoms with Crippen LogP contribution in [-0.4, -0.2) is 49.5 Å². The fourth-order valence-corrected chi connectivity index (χ4v) is 4.47. The first-order valence-electron chi connectivity index (χ1n) is 7.63. The summed E-state index contributed by atoms with van der Waals surface area (Å²) in [5.41, 5.74) is -0.451. The van der Waals surface area contributed by atoms with Crippen molar-refractivity contribution in [3.05, 3.63) is 29.3 Å². The highest BCUT2D eigenvalue weighted by molar-refractivity contribution is 7.89. The van der Waals surface area contributed by atoms with Gasteiger partial charge in [0.15, 0.2) is 0 Å². The first-order chi connectivity index (χ1) is 11.1. The van der Waals surface area contributed by atoms with E-state index in [0.717, 1.165) is 0 Å². The molecule has 1 heterocycles. The van der Waals surface area contributed by atoms with E-state index < -0.39 is 27.4 Å². The summed E-state index contributed by atoms with van der Waals surface area (Å²) < 4.78 is 31.8. The largest absolute Gasteiger partial charge is 0.481 e. The van der Waals surface area contributed by atoms with Gasteiger partial charge in [0, 0.05) is 13.1 Å². The van der Waals surface area contributed by atoms with Crippen molar-refractivity contribution in [3.8, 4) is 0 Å². The average molecular weight is 355 g/mol. The van der Waals surface area contributed by atoms with E-state index in [1.807, 2.05) is 0 Å². The standard InChI is InChI=1S/C16H21NO6S/c1-4-23-14(18)12-6-5-11(2)13(9-12)24(21,22)17-8-7-16(3,10-17)15(19)20/h5-6,9H,4,7-8,10H2,1-3H3,(H,19,20). The number of aliphatic carboxylic acids is 1. The van der Waals surface area contributed by atoms with Crippen LogP contribution in [0.2, 0.25) is 0 Å². The van der Waals surface area contributed by atoms with Crippen LogP contribution in [0.3, 0.4) is 0 Å². The van der Waals surface area contributed by atoms with Gasteiger partial charge in [0.2, 0.25) is 10.0 Å². The molecule has 0 radical (unpaired) electrons. The second-order valence-corrected chi connectivity index (χ2v) is 8.06. The van der Waals surface area contributed by atoms with E-state index in [-0.39, 0.29) is 36.6 Å². The topological polar surface area (TPSA) is 101 Å². The summed E-state index contributed by atoms with van der Waals surface area (Å²) in [4.78, 5) is 23.2. The van der Waals surface area contributed by atoms with Gasteiger partial charge in [-0.2, -0.15) is 4.31 Å². The second kappa shape index (κ2) is 6.52. The van der Waals surface area contributed by atoms with Gasteiger partial charge in [-0.05, 0) is 44.9 Å². The molecule has 132 valence electrons. The summed E-state index contributed by atoms with van der Waals surface area (Å²) in [6.07, 6.45) is 0.248.